The summed E-state index contributed by atoms with van der Waals surface area (Å²) in [6.07, 6.45) is 0.934. The van der Waals surface area contributed by atoms with Crippen LogP contribution in [0.5, 0.6) is 0 Å². The van der Waals surface area contributed by atoms with Crippen molar-refractivity contribution in [1.29, 1.82) is 0 Å². The summed E-state index contributed by atoms with van der Waals surface area (Å²) in [5, 5.41) is 13.1. The van der Waals surface area contributed by atoms with Crippen LogP contribution >= 0.6 is 0 Å². The molecule has 286 valence electrons. The molecule has 57 heavy (non-hydrogen) atoms. The van der Waals surface area contributed by atoms with Gasteiger partial charge in [0.15, 0.2) is 23.1 Å². The fourth-order valence-electron chi connectivity index (χ4n) is 7.21. The number of carbonyl (C=O) groups excluding carboxylic acids is 4. The van der Waals surface area contributed by atoms with Gasteiger partial charge in [-0.15, -0.1) is 0 Å². The molecule has 0 aromatic heterocycles. The summed E-state index contributed by atoms with van der Waals surface area (Å²) in [6.45, 7) is 5.71. The Bertz CT molecular complexity index is 2520. The van der Waals surface area contributed by atoms with Gasteiger partial charge in [0.05, 0.1) is 33.6 Å². The van der Waals surface area contributed by atoms with Crippen molar-refractivity contribution in [2.75, 3.05) is 55.5 Å². The van der Waals surface area contributed by atoms with E-state index in [1.165, 1.54) is 0 Å². The van der Waals surface area contributed by atoms with Crippen molar-refractivity contribution in [3.8, 4) is 0 Å². The first kappa shape index (κ1) is 38.4. The number of ketones is 4. The molecule has 0 fully saturated rings. The van der Waals surface area contributed by atoms with E-state index < -0.39 is 0 Å². The van der Waals surface area contributed by atoms with Crippen LogP contribution in [-0.2, 0) is 0 Å². The van der Waals surface area contributed by atoms with Crippen LogP contribution < -0.4 is 21.3 Å². The van der Waals surface area contributed by atoms with Gasteiger partial charge in [0.2, 0.25) is 0 Å². The van der Waals surface area contributed by atoms with E-state index in [-0.39, 0.29) is 23.1 Å². The largest absolute Gasteiger partial charge is 0.388 e. The van der Waals surface area contributed by atoms with Crippen molar-refractivity contribution in [3.05, 3.63) is 177 Å². The molecule has 0 aliphatic heterocycles. The van der Waals surface area contributed by atoms with E-state index in [1.807, 2.05) is 101 Å². The monoisotopic (exact) mass is 755 g/mol. The Kier molecular flexibility index (Phi) is 11.1. The maximum atomic E-state index is 13.5. The molecule has 0 radical (unpaired) electrons. The number of anilines is 6. The second-order valence-electron chi connectivity index (χ2n) is 14.5. The van der Waals surface area contributed by atoms with Gasteiger partial charge in [-0.1, -0.05) is 83.9 Å². The number of nitrogens with zero attached hydrogens (tertiary/aromatic N) is 1. The quantitative estimate of drug-likeness (QED) is 0.101. The number of fused-ring (bicyclic) bond motifs is 4. The van der Waals surface area contributed by atoms with Crippen LogP contribution in [0.25, 0.3) is 0 Å². The molecule has 9 nitrogen and oxygen atoms in total. The van der Waals surface area contributed by atoms with Gasteiger partial charge in [-0.25, -0.2) is 0 Å². The van der Waals surface area contributed by atoms with E-state index in [1.54, 1.807) is 55.6 Å². The van der Waals surface area contributed by atoms with Crippen molar-refractivity contribution < 1.29 is 19.2 Å². The van der Waals surface area contributed by atoms with Crippen LogP contribution in [0.15, 0.2) is 121 Å². The minimum atomic E-state index is -0.137. The van der Waals surface area contributed by atoms with E-state index in [0.717, 1.165) is 42.0 Å². The Balaban J connectivity index is 0.000000177. The fraction of sp³-hybridized carbons (Fsp3) is 0.167. The third-order valence-electron chi connectivity index (χ3n) is 10.2. The molecule has 4 N–H and O–H groups in total. The van der Waals surface area contributed by atoms with Crippen LogP contribution in [0.2, 0.25) is 0 Å². The smallest absolute Gasteiger partial charge is 0.196 e. The van der Waals surface area contributed by atoms with E-state index in [4.69, 9.17) is 0 Å². The van der Waals surface area contributed by atoms with Gasteiger partial charge in [-0.05, 0) is 89.4 Å². The average molecular weight is 756 g/mol. The lowest BCUT2D eigenvalue weighted by Gasteiger charge is -2.24. The summed E-state index contributed by atoms with van der Waals surface area (Å²) in [7, 11) is 5.82. The fourth-order valence-corrected chi connectivity index (χ4v) is 7.21. The van der Waals surface area contributed by atoms with Crippen molar-refractivity contribution in [1.82, 2.24) is 4.90 Å². The molecule has 2 aliphatic carbocycles. The lowest BCUT2D eigenvalue weighted by Crippen LogP contribution is -2.24. The molecule has 0 amide bonds. The highest BCUT2D eigenvalue weighted by Crippen LogP contribution is 2.39. The number of hydrogen-bond donors (Lipinski definition) is 4. The summed E-state index contributed by atoms with van der Waals surface area (Å²) >= 11 is 0. The number of nitrogens with one attached hydrogen (secondary N) is 4. The van der Waals surface area contributed by atoms with Gasteiger partial charge in [-0.3, -0.25) is 19.2 Å². The molecule has 0 saturated heterocycles. The highest BCUT2D eigenvalue weighted by Gasteiger charge is 2.35. The standard InChI is InChI=1S/C26H27N3O2.C22H18N2O2/c1-17-9-11-18(12-10-17)28-22-14-13-21(27-15-6-16-29(2)3)23-24(22)26(31)20-8-5-4-7-19(20)25(23)30;1-13-7-9-14(10-8-13)24-18-12-11-17(23-2)19-20(18)22(26)16-6-4-3-5-15(16)21(19)25/h4-5,7-14,27-28H,6,15-16H2,1-3H3;3-12,23-24H,1-2H3. The van der Waals surface area contributed by atoms with Crippen molar-refractivity contribution in [3.63, 3.8) is 0 Å². The molecular weight excluding hydrogens is 711 g/mol. The van der Waals surface area contributed by atoms with E-state index in [9.17, 15) is 19.2 Å². The third kappa shape index (κ3) is 7.83. The van der Waals surface area contributed by atoms with Crippen LogP contribution in [0.1, 0.15) is 81.2 Å². The number of rotatable bonds is 10. The molecule has 0 bridgehead atoms. The lowest BCUT2D eigenvalue weighted by atomic mass is 9.82. The van der Waals surface area contributed by atoms with E-state index in [0.29, 0.717) is 67.3 Å². The van der Waals surface area contributed by atoms with Gasteiger partial charge >= 0.3 is 0 Å². The normalized spacial score (nSPS) is 12.5. The molecule has 6 aromatic rings. The topological polar surface area (TPSA) is 120 Å². The lowest BCUT2D eigenvalue weighted by molar-refractivity contribution is 0.0980. The Morgan fingerprint density at radius 1 is 0.456 bits per heavy atom. The summed E-state index contributed by atoms with van der Waals surface area (Å²) in [5.74, 6) is -0.515. The molecule has 8 rings (SSSR count). The first-order chi connectivity index (χ1) is 27.5. The molecule has 6 aromatic carbocycles. The molecule has 0 unspecified atom stereocenters. The summed E-state index contributed by atoms with van der Waals surface area (Å²) in [4.78, 5) is 55.3. The molecule has 2 aliphatic rings. The Morgan fingerprint density at radius 2 is 0.807 bits per heavy atom. The summed E-state index contributed by atoms with van der Waals surface area (Å²) < 4.78 is 0. The number of aryl methyl sites for hydroxylation is 2. The molecule has 0 heterocycles. The van der Waals surface area contributed by atoms with Crippen LogP contribution in [0.3, 0.4) is 0 Å². The zero-order valence-electron chi connectivity index (χ0n) is 32.7. The summed E-state index contributed by atoms with van der Waals surface area (Å²) in [5.41, 5.74) is 10.2. The maximum Gasteiger partial charge on any atom is 0.196 e. The van der Waals surface area contributed by atoms with Crippen LogP contribution in [0.4, 0.5) is 34.1 Å². The number of carbonyl (C=O) groups is 4. The van der Waals surface area contributed by atoms with Gasteiger partial charge in [-0.2, -0.15) is 0 Å². The summed E-state index contributed by atoms with van der Waals surface area (Å²) in [6, 6.07) is 37.3. The van der Waals surface area contributed by atoms with Gasteiger partial charge < -0.3 is 26.2 Å². The van der Waals surface area contributed by atoms with Crippen molar-refractivity contribution >= 4 is 57.3 Å². The van der Waals surface area contributed by atoms with Crippen LogP contribution in [0, 0.1) is 13.8 Å². The minimum Gasteiger partial charge on any atom is -0.388 e. The van der Waals surface area contributed by atoms with Gasteiger partial charge in [0.1, 0.15) is 0 Å². The first-order valence-corrected chi connectivity index (χ1v) is 19.0. The zero-order valence-corrected chi connectivity index (χ0v) is 32.7. The number of benzene rings is 6. The van der Waals surface area contributed by atoms with Crippen molar-refractivity contribution in [2.24, 2.45) is 0 Å². The van der Waals surface area contributed by atoms with Crippen LogP contribution in [-0.4, -0.2) is 62.3 Å². The average Bonchev–Trinajstić information content (AvgIpc) is 3.22. The highest BCUT2D eigenvalue weighted by molar-refractivity contribution is 6.33. The maximum absolute atomic E-state index is 13.5. The molecule has 0 saturated carbocycles. The van der Waals surface area contributed by atoms with Gasteiger partial charge in [0, 0.05) is 58.6 Å². The highest BCUT2D eigenvalue weighted by atomic mass is 16.1. The molecule has 0 spiro atoms. The predicted octanol–water partition coefficient (Wildman–Crippen LogP) is 9.43. The Labute approximate surface area is 333 Å². The molecule has 0 atom stereocenters. The minimum absolute atomic E-state index is 0.118. The Morgan fingerprint density at radius 3 is 1.19 bits per heavy atom. The second kappa shape index (κ2) is 16.5. The Hall–Kier alpha value is -6.84. The first-order valence-electron chi connectivity index (χ1n) is 19.0. The van der Waals surface area contributed by atoms with E-state index >= 15 is 0 Å². The SMILES string of the molecule is CNc1ccc(Nc2ccc(C)cc2)c2c1C(=O)c1ccccc1C2=O.Cc1ccc(Nc2ccc(NCCCN(C)C)c3c2C(=O)c2ccccc2C3=O)cc1. The number of hydrogen-bond acceptors (Lipinski definition) is 9. The van der Waals surface area contributed by atoms with Crippen molar-refractivity contribution in [2.45, 2.75) is 20.3 Å². The van der Waals surface area contributed by atoms with Gasteiger partial charge in [0.25, 0.3) is 0 Å². The molecular formula is C48H45N5O4. The second-order valence-corrected chi connectivity index (χ2v) is 14.5. The predicted molar refractivity (Wildman–Crippen MR) is 230 cm³/mol. The van der Waals surface area contributed by atoms with E-state index in [2.05, 4.69) is 26.2 Å². The zero-order chi connectivity index (χ0) is 40.2. The molecule has 9 heteroatoms. The third-order valence-corrected chi connectivity index (χ3v) is 10.2.